The van der Waals surface area contributed by atoms with Gasteiger partial charge < -0.3 is 24.4 Å². The van der Waals surface area contributed by atoms with Gasteiger partial charge in [-0.15, -0.1) is 11.3 Å². The Morgan fingerprint density at radius 1 is 1.25 bits per heavy atom. The van der Waals surface area contributed by atoms with E-state index in [0.717, 1.165) is 19.4 Å². The van der Waals surface area contributed by atoms with E-state index in [0.29, 0.717) is 41.9 Å². The van der Waals surface area contributed by atoms with Crippen molar-refractivity contribution in [2.75, 3.05) is 20.2 Å². The van der Waals surface area contributed by atoms with Gasteiger partial charge in [0.1, 0.15) is 0 Å². The summed E-state index contributed by atoms with van der Waals surface area (Å²) in [7, 11) is 1.58. The molecule has 1 fully saturated rings. The number of nitrogens with one attached hydrogen (secondary N) is 1. The number of benzene rings is 2. The molecule has 3 heterocycles. The lowest BCUT2D eigenvalue weighted by Gasteiger charge is -2.26. The van der Waals surface area contributed by atoms with Crippen molar-refractivity contribution in [3.05, 3.63) is 52.9 Å². The molecular weight excluding hydrogens is 424 g/mol. The lowest BCUT2D eigenvalue weighted by molar-refractivity contribution is -0.0439. The first-order valence-corrected chi connectivity index (χ1v) is 11.8. The van der Waals surface area contributed by atoms with Gasteiger partial charge in [0, 0.05) is 41.6 Å². The van der Waals surface area contributed by atoms with Gasteiger partial charge in [-0.25, -0.2) is 0 Å². The molecular formula is C25H28N2O4S. The highest BCUT2D eigenvalue weighted by Crippen LogP contribution is 2.46. The maximum absolute atomic E-state index is 13.7. The van der Waals surface area contributed by atoms with Crippen molar-refractivity contribution in [1.82, 2.24) is 10.2 Å². The van der Waals surface area contributed by atoms with Crippen LogP contribution >= 0.6 is 11.3 Å². The normalized spacial score (nSPS) is 18.8. The van der Waals surface area contributed by atoms with Gasteiger partial charge in [0.2, 0.25) is 11.5 Å². The summed E-state index contributed by atoms with van der Waals surface area (Å²) in [4.78, 5) is 16.8. The summed E-state index contributed by atoms with van der Waals surface area (Å²) < 4.78 is 18.5. The Balaban J connectivity index is 1.46. The lowest BCUT2D eigenvalue weighted by Crippen LogP contribution is -2.40. The van der Waals surface area contributed by atoms with Crippen molar-refractivity contribution in [1.29, 1.82) is 0 Å². The van der Waals surface area contributed by atoms with E-state index in [4.69, 9.17) is 14.2 Å². The predicted octanol–water partition coefficient (Wildman–Crippen LogP) is 4.81. The summed E-state index contributed by atoms with van der Waals surface area (Å²) in [6, 6.07) is 14.4. The molecule has 2 aliphatic rings. The van der Waals surface area contributed by atoms with Crippen molar-refractivity contribution in [3.8, 4) is 17.2 Å². The Morgan fingerprint density at radius 3 is 2.84 bits per heavy atom. The molecule has 0 saturated carbocycles. The fraction of sp³-hybridized carbons (Fsp3) is 0.400. The fourth-order valence-electron chi connectivity index (χ4n) is 4.44. The van der Waals surface area contributed by atoms with Gasteiger partial charge in [0.05, 0.1) is 13.7 Å². The maximum atomic E-state index is 13.7. The van der Waals surface area contributed by atoms with E-state index in [1.165, 1.54) is 15.0 Å². The van der Waals surface area contributed by atoms with Crippen molar-refractivity contribution in [3.63, 3.8) is 0 Å². The van der Waals surface area contributed by atoms with Gasteiger partial charge in [-0.1, -0.05) is 18.2 Å². The molecule has 2 aliphatic heterocycles. The molecule has 0 radical (unpaired) electrons. The molecule has 0 bridgehead atoms. The Bertz CT molecular complexity index is 1120. The van der Waals surface area contributed by atoms with Crippen LogP contribution in [0.1, 0.15) is 41.9 Å². The zero-order valence-corrected chi connectivity index (χ0v) is 19.5. The van der Waals surface area contributed by atoms with Gasteiger partial charge in [0.25, 0.3) is 5.91 Å². The van der Waals surface area contributed by atoms with Crippen molar-refractivity contribution >= 4 is 27.3 Å². The van der Waals surface area contributed by atoms with E-state index in [1.807, 2.05) is 30.9 Å². The Labute approximate surface area is 192 Å². The first-order chi connectivity index (χ1) is 15.4. The molecule has 3 aromatic rings. The second kappa shape index (κ2) is 8.30. The quantitative estimate of drug-likeness (QED) is 0.582. The van der Waals surface area contributed by atoms with Crippen LogP contribution in [0, 0.1) is 0 Å². The molecule has 168 valence electrons. The molecule has 0 spiro atoms. The summed E-state index contributed by atoms with van der Waals surface area (Å²) in [6.07, 6.45) is 2.22. The largest absolute Gasteiger partial charge is 0.493 e. The predicted molar refractivity (Wildman–Crippen MR) is 126 cm³/mol. The van der Waals surface area contributed by atoms with Crippen LogP contribution < -0.4 is 19.5 Å². The molecule has 1 aromatic heterocycles. The van der Waals surface area contributed by atoms with Crippen LogP contribution in [0.15, 0.2) is 42.5 Å². The zero-order valence-electron chi connectivity index (χ0n) is 18.6. The number of nitrogens with zero attached hydrogens (tertiary/aromatic N) is 1. The minimum Gasteiger partial charge on any atom is -0.493 e. The second-order valence-corrected chi connectivity index (χ2v) is 10.0. The lowest BCUT2D eigenvalue weighted by atomic mass is 10.1. The molecule has 1 amide bonds. The van der Waals surface area contributed by atoms with Gasteiger partial charge in [-0.2, -0.15) is 0 Å². The van der Waals surface area contributed by atoms with Gasteiger partial charge >= 0.3 is 0 Å². The fourth-order valence-corrected chi connectivity index (χ4v) is 5.52. The van der Waals surface area contributed by atoms with Crippen molar-refractivity contribution in [2.24, 2.45) is 0 Å². The highest BCUT2D eigenvalue weighted by molar-refractivity contribution is 7.19. The third-order valence-electron chi connectivity index (χ3n) is 5.90. The summed E-state index contributed by atoms with van der Waals surface area (Å²) in [5.74, 6) is 0.769. The first-order valence-electron chi connectivity index (χ1n) is 11.0. The molecule has 1 atom stereocenters. The minimum atomic E-state index is -0.790. The topological polar surface area (TPSA) is 60.0 Å². The van der Waals surface area contributed by atoms with Crippen LogP contribution in [-0.2, 0) is 6.54 Å². The molecule has 32 heavy (non-hydrogen) atoms. The molecule has 2 aromatic carbocycles. The summed E-state index contributed by atoms with van der Waals surface area (Å²) in [6.45, 7) is 5.91. The van der Waals surface area contributed by atoms with Gasteiger partial charge in [-0.3, -0.25) is 4.79 Å². The van der Waals surface area contributed by atoms with Crippen LogP contribution in [0.2, 0.25) is 0 Å². The Hall–Kier alpha value is -2.77. The molecule has 0 aliphatic carbocycles. The number of fused-ring (bicyclic) bond motifs is 2. The van der Waals surface area contributed by atoms with Crippen LogP contribution in [0.5, 0.6) is 17.2 Å². The average Bonchev–Trinajstić information content (AvgIpc) is 3.48. The monoisotopic (exact) mass is 452 g/mol. The van der Waals surface area contributed by atoms with Crippen molar-refractivity contribution < 1.29 is 19.0 Å². The van der Waals surface area contributed by atoms with E-state index < -0.39 is 5.79 Å². The van der Waals surface area contributed by atoms with Crippen molar-refractivity contribution in [2.45, 2.75) is 45.1 Å². The van der Waals surface area contributed by atoms with Crippen LogP contribution in [0.25, 0.3) is 10.1 Å². The van der Waals surface area contributed by atoms with Crippen LogP contribution in [0.4, 0.5) is 0 Å². The van der Waals surface area contributed by atoms with Gasteiger partial charge in [-0.05, 0) is 49.0 Å². The van der Waals surface area contributed by atoms with E-state index in [2.05, 4.69) is 23.5 Å². The SMILES string of the molecule is COc1cc(C(=O)N(Cc2cc3ccccc3s2)C[C@@H]2CCCN2)cc2c1OC(C)(C)O2. The first kappa shape index (κ1) is 21.1. The van der Waals surface area contributed by atoms with Crippen LogP contribution in [0.3, 0.4) is 0 Å². The number of hydrogen-bond donors (Lipinski definition) is 1. The standard InChI is InChI=1S/C25H28N2O4S/c1-25(2)30-21-13-17(12-20(29-3)23(21)31-25)24(28)27(14-18-8-6-10-26-18)15-19-11-16-7-4-5-9-22(16)32-19/h4-5,7,9,11-13,18,26H,6,8,10,14-15H2,1-3H3/t18-/m0/s1. The van der Waals surface area contributed by atoms with Crippen LogP contribution in [-0.4, -0.2) is 42.8 Å². The zero-order chi connectivity index (χ0) is 22.3. The minimum absolute atomic E-state index is 0.0365. The number of carbonyl (C=O) groups is 1. The smallest absolute Gasteiger partial charge is 0.254 e. The molecule has 5 rings (SSSR count). The number of rotatable bonds is 6. The Kier molecular flexibility index (Phi) is 5.47. The maximum Gasteiger partial charge on any atom is 0.254 e. The highest BCUT2D eigenvalue weighted by atomic mass is 32.1. The van der Waals surface area contributed by atoms with Gasteiger partial charge in [0.15, 0.2) is 11.5 Å². The highest BCUT2D eigenvalue weighted by Gasteiger charge is 2.36. The second-order valence-electron chi connectivity index (χ2n) is 8.84. The third kappa shape index (κ3) is 4.14. The molecule has 7 heteroatoms. The number of carbonyl (C=O) groups excluding carboxylic acids is 1. The average molecular weight is 453 g/mol. The van der Waals surface area contributed by atoms with E-state index in [9.17, 15) is 4.79 Å². The van der Waals surface area contributed by atoms with E-state index in [-0.39, 0.29) is 5.91 Å². The number of ether oxygens (including phenoxy) is 3. The number of methoxy groups -OCH3 is 1. The third-order valence-corrected chi connectivity index (χ3v) is 7.01. The molecule has 6 nitrogen and oxygen atoms in total. The molecule has 1 N–H and O–H groups in total. The molecule has 0 unspecified atom stereocenters. The number of amides is 1. The number of hydrogen-bond acceptors (Lipinski definition) is 6. The molecule has 1 saturated heterocycles. The summed E-state index contributed by atoms with van der Waals surface area (Å²) >= 11 is 1.74. The van der Waals surface area contributed by atoms with E-state index >= 15 is 0 Å². The summed E-state index contributed by atoms with van der Waals surface area (Å²) in [5, 5.41) is 4.73. The Morgan fingerprint density at radius 2 is 2.09 bits per heavy atom. The number of thiophene rings is 1. The summed E-state index contributed by atoms with van der Waals surface area (Å²) in [5.41, 5.74) is 0.543. The van der Waals surface area contributed by atoms with E-state index in [1.54, 1.807) is 30.6 Å².